The van der Waals surface area contributed by atoms with Gasteiger partial charge in [0, 0.05) is 18.7 Å². The Morgan fingerprint density at radius 1 is 1.14 bits per heavy atom. The number of methoxy groups -OCH3 is 2. The van der Waals surface area contributed by atoms with Gasteiger partial charge in [-0.15, -0.1) is 0 Å². The quantitative estimate of drug-likeness (QED) is 0.745. The van der Waals surface area contributed by atoms with Crippen LogP contribution in [0.15, 0.2) is 42.5 Å². The third-order valence-electron chi connectivity index (χ3n) is 5.27. The lowest BCUT2D eigenvalue weighted by Gasteiger charge is -2.30. The zero-order chi connectivity index (χ0) is 21.0. The number of fused-ring (bicyclic) bond motifs is 1. The summed E-state index contributed by atoms with van der Waals surface area (Å²) in [6.07, 6.45) is 0.602. The summed E-state index contributed by atoms with van der Waals surface area (Å²) in [5.74, 6) is 1.28. The number of carbonyl (C=O) groups is 2. The molecule has 0 saturated carbocycles. The monoisotopic (exact) mass is 396 g/mol. The molecule has 0 bridgehead atoms. The number of hydrogen-bond donors (Lipinski definition) is 1. The Hall–Kier alpha value is -3.02. The molecule has 1 aliphatic rings. The van der Waals surface area contributed by atoms with Gasteiger partial charge >= 0.3 is 0 Å². The summed E-state index contributed by atoms with van der Waals surface area (Å²) in [7, 11) is 3.24. The largest absolute Gasteiger partial charge is 0.497 e. The first-order valence-corrected chi connectivity index (χ1v) is 9.83. The van der Waals surface area contributed by atoms with E-state index >= 15 is 0 Å². The highest BCUT2D eigenvalue weighted by molar-refractivity contribution is 6.01. The standard InChI is InChI=1S/C23H28N2O4/c1-15(2)21(25-14-17-7-5-6-8-19(17)23(25)27)22(26)24-12-11-16-13-18(28-3)9-10-20(16)29-4/h5-10,13,15,21H,11-12,14H2,1-4H3,(H,24,26)/t21-/m0/s1. The number of benzene rings is 2. The molecule has 0 radical (unpaired) electrons. The number of nitrogens with zero attached hydrogens (tertiary/aromatic N) is 1. The van der Waals surface area contributed by atoms with E-state index in [-0.39, 0.29) is 17.7 Å². The van der Waals surface area contributed by atoms with Crippen molar-refractivity contribution in [3.05, 3.63) is 59.2 Å². The minimum atomic E-state index is -0.512. The minimum Gasteiger partial charge on any atom is -0.497 e. The zero-order valence-corrected chi connectivity index (χ0v) is 17.4. The fourth-order valence-corrected chi connectivity index (χ4v) is 3.81. The maximum absolute atomic E-state index is 13.0. The van der Waals surface area contributed by atoms with Crippen molar-refractivity contribution in [2.24, 2.45) is 5.92 Å². The summed E-state index contributed by atoms with van der Waals surface area (Å²) in [4.78, 5) is 27.5. The van der Waals surface area contributed by atoms with Crippen LogP contribution in [0, 0.1) is 5.92 Å². The average molecular weight is 396 g/mol. The van der Waals surface area contributed by atoms with E-state index in [0.29, 0.717) is 25.1 Å². The van der Waals surface area contributed by atoms with Gasteiger partial charge in [-0.2, -0.15) is 0 Å². The number of ether oxygens (including phenoxy) is 2. The van der Waals surface area contributed by atoms with Crippen molar-refractivity contribution < 1.29 is 19.1 Å². The maximum atomic E-state index is 13.0. The lowest BCUT2D eigenvalue weighted by atomic mass is 10.0. The molecule has 2 aromatic carbocycles. The molecule has 2 aromatic rings. The average Bonchev–Trinajstić information content (AvgIpc) is 3.04. The summed E-state index contributed by atoms with van der Waals surface area (Å²) < 4.78 is 10.7. The van der Waals surface area contributed by atoms with Gasteiger partial charge in [-0.25, -0.2) is 0 Å². The first-order chi connectivity index (χ1) is 14.0. The molecule has 1 aliphatic heterocycles. The van der Waals surface area contributed by atoms with Gasteiger partial charge in [-0.1, -0.05) is 32.0 Å². The van der Waals surface area contributed by atoms with Gasteiger partial charge in [0.05, 0.1) is 14.2 Å². The molecule has 1 heterocycles. The fourth-order valence-electron chi connectivity index (χ4n) is 3.81. The maximum Gasteiger partial charge on any atom is 0.255 e. The molecule has 29 heavy (non-hydrogen) atoms. The third-order valence-corrected chi connectivity index (χ3v) is 5.27. The van der Waals surface area contributed by atoms with Gasteiger partial charge in [0.25, 0.3) is 5.91 Å². The van der Waals surface area contributed by atoms with E-state index in [1.807, 2.05) is 56.3 Å². The lowest BCUT2D eigenvalue weighted by Crippen LogP contribution is -2.50. The van der Waals surface area contributed by atoms with E-state index in [1.54, 1.807) is 19.1 Å². The molecule has 0 unspecified atom stereocenters. The van der Waals surface area contributed by atoms with Crippen LogP contribution in [0.1, 0.15) is 35.3 Å². The molecule has 1 N–H and O–H groups in total. The molecule has 6 heteroatoms. The summed E-state index contributed by atoms with van der Waals surface area (Å²) >= 11 is 0. The summed E-state index contributed by atoms with van der Waals surface area (Å²) in [6, 6.07) is 12.6. The Bertz CT molecular complexity index is 894. The Kier molecular flexibility index (Phi) is 6.42. The van der Waals surface area contributed by atoms with Crippen LogP contribution in [-0.2, 0) is 17.8 Å². The molecule has 0 spiro atoms. The minimum absolute atomic E-state index is 0.000354. The van der Waals surface area contributed by atoms with Gasteiger partial charge in [0.2, 0.25) is 5.91 Å². The van der Waals surface area contributed by atoms with Crippen LogP contribution in [0.25, 0.3) is 0 Å². The van der Waals surface area contributed by atoms with E-state index in [4.69, 9.17) is 9.47 Å². The van der Waals surface area contributed by atoms with E-state index < -0.39 is 6.04 Å². The van der Waals surface area contributed by atoms with E-state index in [2.05, 4.69) is 5.32 Å². The van der Waals surface area contributed by atoms with Crippen LogP contribution in [0.4, 0.5) is 0 Å². The summed E-state index contributed by atoms with van der Waals surface area (Å²) in [5, 5.41) is 3.00. The van der Waals surface area contributed by atoms with Crippen LogP contribution in [0.3, 0.4) is 0 Å². The highest BCUT2D eigenvalue weighted by atomic mass is 16.5. The predicted molar refractivity (Wildman–Crippen MR) is 111 cm³/mol. The summed E-state index contributed by atoms with van der Waals surface area (Å²) in [5.41, 5.74) is 2.61. The molecule has 6 nitrogen and oxygen atoms in total. The Labute approximate surface area is 171 Å². The number of nitrogens with one attached hydrogen (secondary N) is 1. The Balaban J connectivity index is 1.67. The van der Waals surface area contributed by atoms with Crippen molar-refractivity contribution in [3.63, 3.8) is 0 Å². The van der Waals surface area contributed by atoms with Gasteiger partial charge < -0.3 is 19.7 Å². The van der Waals surface area contributed by atoms with Crippen LogP contribution >= 0.6 is 0 Å². The molecule has 0 aromatic heterocycles. The molecule has 3 rings (SSSR count). The number of carbonyl (C=O) groups excluding carboxylic acids is 2. The van der Waals surface area contributed by atoms with E-state index in [1.165, 1.54) is 0 Å². The van der Waals surface area contributed by atoms with Gasteiger partial charge in [0.15, 0.2) is 0 Å². The molecular formula is C23H28N2O4. The van der Waals surface area contributed by atoms with Crippen molar-refractivity contribution in [1.82, 2.24) is 10.2 Å². The van der Waals surface area contributed by atoms with Gasteiger partial charge in [-0.05, 0) is 47.7 Å². The normalized spacial score (nSPS) is 14.0. The van der Waals surface area contributed by atoms with Crippen molar-refractivity contribution in [3.8, 4) is 11.5 Å². The highest BCUT2D eigenvalue weighted by Crippen LogP contribution is 2.27. The van der Waals surface area contributed by atoms with Crippen molar-refractivity contribution in [1.29, 1.82) is 0 Å². The second-order valence-electron chi connectivity index (χ2n) is 7.50. The van der Waals surface area contributed by atoms with Crippen LogP contribution in [0.2, 0.25) is 0 Å². The molecule has 154 valence electrons. The SMILES string of the molecule is COc1ccc(OC)c(CCNC(=O)[C@H](C(C)C)N2Cc3ccccc3C2=O)c1. The predicted octanol–water partition coefficient (Wildman–Crippen LogP) is 3.04. The Morgan fingerprint density at radius 2 is 1.90 bits per heavy atom. The van der Waals surface area contributed by atoms with Gasteiger partial charge in [-0.3, -0.25) is 9.59 Å². The third kappa shape index (κ3) is 4.36. The van der Waals surface area contributed by atoms with Crippen molar-refractivity contribution in [2.45, 2.75) is 32.9 Å². The second kappa shape index (κ2) is 8.99. The van der Waals surface area contributed by atoms with E-state index in [0.717, 1.165) is 22.6 Å². The topological polar surface area (TPSA) is 67.9 Å². The zero-order valence-electron chi connectivity index (χ0n) is 17.4. The molecular weight excluding hydrogens is 368 g/mol. The first-order valence-electron chi connectivity index (χ1n) is 9.83. The lowest BCUT2D eigenvalue weighted by molar-refractivity contribution is -0.127. The molecule has 0 aliphatic carbocycles. The van der Waals surface area contributed by atoms with Crippen LogP contribution < -0.4 is 14.8 Å². The molecule has 0 saturated heterocycles. The summed E-state index contributed by atoms with van der Waals surface area (Å²) in [6.45, 7) is 4.84. The number of rotatable bonds is 8. The molecule has 0 fully saturated rings. The second-order valence-corrected chi connectivity index (χ2v) is 7.50. The fraction of sp³-hybridized carbons (Fsp3) is 0.391. The smallest absolute Gasteiger partial charge is 0.255 e. The van der Waals surface area contributed by atoms with Gasteiger partial charge in [0.1, 0.15) is 17.5 Å². The Morgan fingerprint density at radius 3 is 2.55 bits per heavy atom. The highest BCUT2D eigenvalue weighted by Gasteiger charge is 2.37. The van der Waals surface area contributed by atoms with Crippen LogP contribution in [0.5, 0.6) is 11.5 Å². The van der Waals surface area contributed by atoms with E-state index in [9.17, 15) is 9.59 Å². The molecule has 2 amide bonds. The van der Waals surface area contributed by atoms with Crippen molar-refractivity contribution in [2.75, 3.05) is 20.8 Å². The number of hydrogen-bond acceptors (Lipinski definition) is 4. The van der Waals surface area contributed by atoms with Crippen molar-refractivity contribution >= 4 is 11.8 Å². The first kappa shape index (κ1) is 20.7. The molecule has 1 atom stereocenters. The van der Waals surface area contributed by atoms with Crippen LogP contribution in [-0.4, -0.2) is 43.5 Å². The number of amides is 2.